The van der Waals surface area contributed by atoms with E-state index in [0.29, 0.717) is 23.3 Å². The predicted molar refractivity (Wildman–Crippen MR) is 149 cm³/mol. The minimum absolute atomic E-state index is 0.166. The molecule has 0 radical (unpaired) electrons. The van der Waals surface area contributed by atoms with Gasteiger partial charge in [0.25, 0.3) is 21.4 Å². The number of sulfone groups is 1. The van der Waals surface area contributed by atoms with Crippen LogP contribution in [0.3, 0.4) is 0 Å². The number of rotatable bonds is 12. The fraction of sp³-hybridized carbons (Fsp3) is 0.280. The van der Waals surface area contributed by atoms with Crippen LogP contribution in [-0.4, -0.2) is 70.7 Å². The topological polar surface area (TPSA) is 212 Å². The minimum atomic E-state index is -5.37. The van der Waals surface area contributed by atoms with Gasteiger partial charge in [0.15, 0.2) is 15.1 Å². The Morgan fingerprint density at radius 3 is 1.98 bits per heavy atom. The van der Waals surface area contributed by atoms with Crippen LogP contribution >= 0.6 is 0 Å². The van der Waals surface area contributed by atoms with Gasteiger partial charge in [-0.15, -0.1) is 0 Å². The van der Waals surface area contributed by atoms with E-state index < -0.39 is 63.2 Å². The lowest BCUT2D eigenvalue weighted by molar-refractivity contribution is -0.564. The van der Waals surface area contributed by atoms with E-state index in [1.54, 1.807) is 0 Å². The SMILES string of the molecule is COc1cc(OC)c(/C=C/S(=O)(=O)CC2=CC(S(=O)(=O)O)C(c3ccccc3OC)([N+](=O)[O-])C=C2[N+](=O)[O-])c(OC)c1. The first-order valence-corrected chi connectivity index (χ1v) is 14.9. The van der Waals surface area contributed by atoms with Gasteiger partial charge >= 0.3 is 0 Å². The van der Waals surface area contributed by atoms with Crippen molar-refractivity contribution in [2.75, 3.05) is 34.2 Å². The van der Waals surface area contributed by atoms with E-state index in [9.17, 15) is 41.6 Å². The van der Waals surface area contributed by atoms with E-state index in [4.69, 9.17) is 18.9 Å². The summed E-state index contributed by atoms with van der Waals surface area (Å²) in [5, 5.41) is 22.8. The third-order valence-corrected chi connectivity index (χ3v) is 8.78. The first-order chi connectivity index (χ1) is 19.6. The molecule has 0 bridgehead atoms. The molecule has 17 heteroatoms. The molecule has 3 rings (SSSR count). The molecule has 0 fully saturated rings. The molecule has 2 aromatic rings. The molecule has 0 saturated heterocycles. The van der Waals surface area contributed by atoms with Gasteiger partial charge in [0, 0.05) is 28.0 Å². The van der Waals surface area contributed by atoms with Gasteiger partial charge < -0.3 is 18.9 Å². The lowest BCUT2D eigenvalue weighted by Gasteiger charge is -2.31. The van der Waals surface area contributed by atoms with Crippen molar-refractivity contribution >= 4 is 26.0 Å². The Balaban J connectivity index is 2.19. The van der Waals surface area contributed by atoms with Crippen molar-refractivity contribution in [2.45, 2.75) is 10.8 Å². The molecule has 226 valence electrons. The average Bonchev–Trinajstić information content (AvgIpc) is 2.94. The van der Waals surface area contributed by atoms with Crippen LogP contribution in [-0.2, 0) is 25.5 Å². The summed E-state index contributed by atoms with van der Waals surface area (Å²) >= 11 is 0. The van der Waals surface area contributed by atoms with Crippen LogP contribution in [0.1, 0.15) is 11.1 Å². The number of para-hydroxylation sites is 1. The maximum absolute atomic E-state index is 13.1. The molecule has 2 aromatic carbocycles. The number of nitro groups is 2. The van der Waals surface area contributed by atoms with Crippen molar-refractivity contribution in [1.29, 1.82) is 0 Å². The Morgan fingerprint density at radius 1 is 0.929 bits per heavy atom. The normalized spacial score (nSPS) is 19.0. The maximum Gasteiger partial charge on any atom is 0.298 e. The van der Waals surface area contributed by atoms with Gasteiger partial charge in [-0.05, 0) is 24.3 Å². The number of benzene rings is 2. The molecule has 0 aromatic heterocycles. The largest absolute Gasteiger partial charge is 0.496 e. The number of nitrogens with zero attached hydrogens (tertiary/aromatic N) is 2. The summed E-state index contributed by atoms with van der Waals surface area (Å²) in [6, 6.07) is 8.02. The highest BCUT2D eigenvalue weighted by Crippen LogP contribution is 2.45. The van der Waals surface area contributed by atoms with Gasteiger partial charge in [-0.3, -0.25) is 24.8 Å². The first kappa shape index (κ1) is 32.0. The zero-order valence-electron chi connectivity index (χ0n) is 22.6. The summed E-state index contributed by atoms with van der Waals surface area (Å²) in [5.74, 6) is -0.670. The Morgan fingerprint density at radius 2 is 1.50 bits per heavy atom. The number of ether oxygens (including phenoxy) is 4. The molecule has 1 aliphatic carbocycles. The summed E-state index contributed by atoms with van der Waals surface area (Å²) in [7, 11) is -4.61. The monoisotopic (exact) mass is 626 g/mol. The fourth-order valence-corrected chi connectivity index (χ4v) is 6.67. The smallest absolute Gasteiger partial charge is 0.298 e. The molecule has 0 aliphatic heterocycles. The van der Waals surface area contributed by atoms with Crippen LogP contribution in [0.25, 0.3) is 6.08 Å². The van der Waals surface area contributed by atoms with Crippen LogP contribution in [0.4, 0.5) is 0 Å². The van der Waals surface area contributed by atoms with E-state index >= 15 is 0 Å². The van der Waals surface area contributed by atoms with Crippen molar-refractivity contribution in [2.24, 2.45) is 0 Å². The molecular formula is C25H26N2O13S2. The predicted octanol–water partition coefficient (Wildman–Crippen LogP) is 2.64. The summed E-state index contributed by atoms with van der Waals surface area (Å²) in [6.45, 7) is 0. The fourth-order valence-electron chi connectivity index (χ4n) is 4.48. The van der Waals surface area contributed by atoms with Gasteiger partial charge in [0.05, 0.1) is 56.3 Å². The maximum atomic E-state index is 13.1. The van der Waals surface area contributed by atoms with E-state index in [1.165, 1.54) is 51.7 Å². The molecule has 42 heavy (non-hydrogen) atoms. The summed E-state index contributed by atoms with van der Waals surface area (Å²) < 4.78 is 82.2. The Hall–Kier alpha value is -4.48. The number of allylic oxidation sites excluding steroid dienone is 1. The molecule has 0 spiro atoms. The number of hydrogen-bond acceptors (Lipinski definition) is 12. The second-order valence-electron chi connectivity index (χ2n) is 8.75. The van der Waals surface area contributed by atoms with Crippen LogP contribution in [0, 0.1) is 20.2 Å². The molecule has 0 amide bonds. The van der Waals surface area contributed by atoms with Gasteiger partial charge in [0.1, 0.15) is 23.0 Å². The Bertz CT molecular complexity index is 1690. The zero-order chi connectivity index (χ0) is 31.5. The lowest BCUT2D eigenvalue weighted by Crippen LogP contribution is -2.50. The van der Waals surface area contributed by atoms with Crippen LogP contribution in [0.15, 0.2) is 65.2 Å². The van der Waals surface area contributed by atoms with Crippen LogP contribution in [0.5, 0.6) is 23.0 Å². The second-order valence-corrected chi connectivity index (χ2v) is 12.2. The van der Waals surface area contributed by atoms with E-state index in [-0.39, 0.29) is 22.8 Å². The van der Waals surface area contributed by atoms with Crippen LogP contribution in [0.2, 0.25) is 0 Å². The Labute approximate surface area is 240 Å². The summed E-state index contributed by atoms with van der Waals surface area (Å²) in [5.41, 5.74) is -4.94. The standard InChI is InChI=1S/C25H26N2O13S2/c1-37-17-12-22(39-3)18(23(13-17)40-4)9-10-41(32,33)15-16-11-24(42(34,35)36)25(27(30)31,14-20(16)26(28)29)19-7-5-6-8-21(19)38-2/h5-14,24H,15H2,1-4H3,(H,34,35,36)/b10-9+. The Kier molecular flexibility index (Phi) is 9.29. The summed E-state index contributed by atoms with van der Waals surface area (Å²) in [6.07, 6.45) is 2.01. The molecule has 15 nitrogen and oxygen atoms in total. The van der Waals surface area contributed by atoms with Gasteiger partial charge in [0.2, 0.25) is 0 Å². The molecular weight excluding hydrogens is 600 g/mol. The third kappa shape index (κ3) is 6.22. The summed E-state index contributed by atoms with van der Waals surface area (Å²) in [4.78, 5) is 22.4. The second kappa shape index (κ2) is 12.2. The lowest BCUT2D eigenvalue weighted by atomic mass is 9.80. The minimum Gasteiger partial charge on any atom is -0.496 e. The van der Waals surface area contributed by atoms with E-state index in [2.05, 4.69) is 0 Å². The van der Waals surface area contributed by atoms with Gasteiger partial charge in [-0.25, -0.2) is 8.42 Å². The van der Waals surface area contributed by atoms with Crippen molar-refractivity contribution in [3.05, 3.63) is 96.6 Å². The molecule has 1 aliphatic rings. The molecule has 0 heterocycles. The van der Waals surface area contributed by atoms with Crippen molar-refractivity contribution < 1.29 is 50.2 Å². The molecule has 0 saturated carbocycles. The van der Waals surface area contributed by atoms with E-state index in [1.807, 2.05) is 0 Å². The van der Waals surface area contributed by atoms with Gasteiger partial charge in [-0.2, -0.15) is 8.42 Å². The highest BCUT2D eigenvalue weighted by Gasteiger charge is 2.61. The first-order valence-electron chi connectivity index (χ1n) is 11.7. The quantitative estimate of drug-likeness (QED) is 0.204. The van der Waals surface area contributed by atoms with Gasteiger partial charge in [-0.1, -0.05) is 12.1 Å². The highest BCUT2D eigenvalue weighted by molar-refractivity contribution is 7.94. The van der Waals surface area contributed by atoms with E-state index in [0.717, 1.165) is 19.3 Å². The number of hydrogen-bond donors (Lipinski definition) is 1. The average molecular weight is 627 g/mol. The molecule has 2 unspecified atom stereocenters. The van der Waals surface area contributed by atoms with Crippen molar-refractivity contribution in [3.8, 4) is 23.0 Å². The molecule has 1 N–H and O–H groups in total. The van der Waals surface area contributed by atoms with Crippen molar-refractivity contribution in [3.63, 3.8) is 0 Å². The zero-order valence-corrected chi connectivity index (χ0v) is 24.2. The molecule has 2 atom stereocenters. The highest BCUT2D eigenvalue weighted by atomic mass is 32.2. The van der Waals surface area contributed by atoms with Crippen molar-refractivity contribution in [1.82, 2.24) is 0 Å². The number of methoxy groups -OCH3 is 4. The third-order valence-electron chi connectivity index (χ3n) is 6.38. The van der Waals surface area contributed by atoms with Crippen LogP contribution < -0.4 is 18.9 Å².